The highest BCUT2D eigenvalue weighted by molar-refractivity contribution is 8.00. The molecular formula is C28H34ClN7OS. The van der Waals surface area contributed by atoms with Gasteiger partial charge in [-0.25, -0.2) is 15.0 Å². The summed E-state index contributed by atoms with van der Waals surface area (Å²) in [5.41, 5.74) is 8.41. The summed E-state index contributed by atoms with van der Waals surface area (Å²) in [6, 6.07) is 12.3. The van der Waals surface area contributed by atoms with Crippen molar-refractivity contribution in [1.82, 2.24) is 19.9 Å². The minimum atomic E-state index is 0.443. The van der Waals surface area contributed by atoms with Crippen molar-refractivity contribution in [2.24, 2.45) is 5.73 Å². The fourth-order valence-electron chi connectivity index (χ4n) is 4.54. The molecule has 4 N–H and O–H groups in total. The quantitative estimate of drug-likeness (QED) is 0.205. The van der Waals surface area contributed by atoms with Crippen LogP contribution in [0.25, 0.3) is 22.0 Å². The summed E-state index contributed by atoms with van der Waals surface area (Å²) in [4.78, 5) is 19.5. The molecule has 0 saturated heterocycles. The molecule has 2 aromatic carbocycles. The number of rotatable bonds is 8. The molecule has 0 amide bonds. The van der Waals surface area contributed by atoms with Crippen LogP contribution in [0.2, 0.25) is 5.02 Å². The van der Waals surface area contributed by atoms with E-state index in [0.717, 1.165) is 38.9 Å². The van der Waals surface area contributed by atoms with E-state index < -0.39 is 0 Å². The average molecular weight is 552 g/mol. The molecule has 0 atom stereocenters. The van der Waals surface area contributed by atoms with Gasteiger partial charge in [-0.05, 0) is 73.7 Å². The molecule has 5 rings (SSSR count). The Balaban J connectivity index is 0.00000164. The number of halogens is 1. The second kappa shape index (κ2) is 13.6. The number of ether oxygens (including phenoxy) is 1. The first-order valence-electron chi connectivity index (χ1n) is 12.9. The maximum absolute atomic E-state index is 6.25. The van der Waals surface area contributed by atoms with Gasteiger partial charge in [0.25, 0.3) is 0 Å². The normalized spacial score (nSPS) is 13.5. The summed E-state index contributed by atoms with van der Waals surface area (Å²) in [6.07, 6.45) is 10.8. The maximum Gasteiger partial charge on any atom is 0.236 e. The summed E-state index contributed by atoms with van der Waals surface area (Å²) in [5.74, 6) is 1.65. The maximum atomic E-state index is 6.25. The van der Waals surface area contributed by atoms with Gasteiger partial charge in [-0.1, -0.05) is 49.9 Å². The highest BCUT2D eigenvalue weighted by atomic mass is 35.5. The lowest BCUT2D eigenvalue weighted by Gasteiger charge is -2.22. The van der Waals surface area contributed by atoms with Crippen molar-refractivity contribution in [1.29, 1.82) is 0 Å². The van der Waals surface area contributed by atoms with Gasteiger partial charge >= 0.3 is 0 Å². The number of fused-ring (bicyclic) bond motifs is 1. The van der Waals surface area contributed by atoms with Gasteiger partial charge in [-0.15, -0.1) is 0 Å². The van der Waals surface area contributed by atoms with E-state index >= 15 is 0 Å². The molecule has 1 aliphatic carbocycles. The molecule has 0 spiro atoms. The first kappa shape index (κ1) is 27.9. The van der Waals surface area contributed by atoms with Crippen molar-refractivity contribution < 1.29 is 4.74 Å². The molecule has 0 aliphatic heterocycles. The van der Waals surface area contributed by atoms with Gasteiger partial charge in [-0.3, -0.25) is 4.72 Å². The molecule has 1 saturated carbocycles. The SMILES string of the molecule is CCc1cc(-c2cnc(NSc3ccccc3Cl)nc2OC)cc2cnc(NC3CCCCC3)nc12.CN. The fourth-order valence-corrected chi connectivity index (χ4v) is 5.40. The molecule has 0 unspecified atom stereocenters. The van der Waals surface area contributed by atoms with Crippen molar-refractivity contribution in [3.05, 3.63) is 59.4 Å². The molecule has 10 heteroatoms. The zero-order valence-corrected chi connectivity index (χ0v) is 23.6. The number of benzene rings is 2. The van der Waals surface area contributed by atoms with Crippen LogP contribution in [0.15, 0.2) is 53.7 Å². The number of aromatic nitrogens is 4. The van der Waals surface area contributed by atoms with E-state index in [0.29, 0.717) is 28.8 Å². The second-order valence-corrected chi connectivity index (χ2v) is 10.1. The molecule has 1 aliphatic rings. The Labute approximate surface area is 233 Å². The van der Waals surface area contributed by atoms with E-state index in [2.05, 4.69) is 49.8 Å². The van der Waals surface area contributed by atoms with Crippen LogP contribution in [0.1, 0.15) is 44.6 Å². The first-order chi connectivity index (χ1) is 18.6. The highest BCUT2D eigenvalue weighted by Crippen LogP contribution is 2.34. The number of hydrogen-bond donors (Lipinski definition) is 3. The van der Waals surface area contributed by atoms with E-state index in [1.54, 1.807) is 13.3 Å². The standard InChI is InChI=1S/C27H29ClN6OS.CH5N/c1-3-17-13-18(14-19-15-29-26(32-24(17)19)31-20-9-5-4-6-10-20)21-16-30-27(33-25(21)35-2)34-36-23-12-8-7-11-22(23)28;1-2/h7-8,11-16,20H,3-6,9-10H2,1-2H3,(H,29,31,32)(H,30,33,34);2H2,1H3. The largest absolute Gasteiger partial charge is 0.480 e. The summed E-state index contributed by atoms with van der Waals surface area (Å²) >= 11 is 7.61. The predicted octanol–water partition coefficient (Wildman–Crippen LogP) is 6.75. The van der Waals surface area contributed by atoms with E-state index in [-0.39, 0.29) is 0 Å². The summed E-state index contributed by atoms with van der Waals surface area (Å²) in [7, 11) is 3.12. The monoisotopic (exact) mass is 551 g/mol. The van der Waals surface area contributed by atoms with Gasteiger partial charge in [0.15, 0.2) is 0 Å². The van der Waals surface area contributed by atoms with Crippen LogP contribution in [0.4, 0.5) is 11.9 Å². The van der Waals surface area contributed by atoms with E-state index in [1.165, 1.54) is 51.1 Å². The van der Waals surface area contributed by atoms with Crippen LogP contribution < -0.4 is 20.5 Å². The Morgan fingerprint density at radius 1 is 1.03 bits per heavy atom. The average Bonchev–Trinajstić information content (AvgIpc) is 2.97. The topological polar surface area (TPSA) is 111 Å². The second-order valence-electron chi connectivity index (χ2n) is 8.85. The first-order valence-corrected chi connectivity index (χ1v) is 14.1. The fraction of sp³-hybridized carbons (Fsp3) is 0.357. The summed E-state index contributed by atoms with van der Waals surface area (Å²) in [5, 5.41) is 5.19. The molecule has 38 heavy (non-hydrogen) atoms. The van der Waals surface area contributed by atoms with Crippen LogP contribution in [-0.2, 0) is 6.42 Å². The Kier molecular flexibility index (Phi) is 9.98. The van der Waals surface area contributed by atoms with Crippen molar-refractivity contribution in [3.8, 4) is 17.0 Å². The van der Waals surface area contributed by atoms with Crippen molar-refractivity contribution >= 4 is 46.3 Å². The molecule has 0 bridgehead atoms. The third-order valence-electron chi connectivity index (χ3n) is 6.43. The van der Waals surface area contributed by atoms with Gasteiger partial charge < -0.3 is 15.8 Å². The number of nitrogens with two attached hydrogens (primary N) is 1. The zero-order valence-electron chi connectivity index (χ0n) is 22.0. The number of methoxy groups -OCH3 is 1. The van der Waals surface area contributed by atoms with Crippen LogP contribution >= 0.6 is 23.5 Å². The lowest BCUT2D eigenvalue weighted by molar-refractivity contribution is 0.399. The van der Waals surface area contributed by atoms with Crippen LogP contribution in [0.3, 0.4) is 0 Å². The molecule has 2 aromatic heterocycles. The molecular weight excluding hydrogens is 518 g/mol. The highest BCUT2D eigenvalue weighted by Gasteiger charge is 2.17. The van der Waals surface area contributed by atoms with Crippen molar-refractivity contribution in [2.75, 3.05) is 24.2 Å². The van der Waals surface area contributed by atoms with Gasteiger partial charge in [0.2, 0.25) is 17.8 Å². The lowest BCUT2D eigenvalue weighted by atomic mass is 9.96. The van der Waals surface area contributed by atoms with Crippen LogP contribution in [0, 0.1) is 0 Å². The molecule has 0 radical (unpaired) electrons. The van der Waals surface area contributed by atoms with Gasteiger partial charge in [0.1, 0.15) is 0 Å². The Morgan fingerprint density at radius 2 is 1.79 bits per heavy atom. The molecule has 8 nitrogen and oxygen atoms in total. The number of aryl methyl sites for hydroxylation is 1. The van der Waals surface area contributed by atoms with Crippen LogP contribution in [0.5, 0.6) is 5.88 Å². The van der Waals surface area contributed by atoms with Gasteiger partial charge in [0, 0.05) is 28.7 Å². The minimum Gasteiger partial charge on any atom is -0.480 e. The van der Waals surface area contributed by atoms with Crippen LogP contribution in [-0.4, -0.2) is 40.1 Å². The summed E-state index contributed by atoms with van der Waals surface area (Å²) in [6.45, 7) is 2.14. The van der Waals surface area contributed by atoms with Crippen molar-refractivity contribution in [3.63, 3.8) is 0 Å². The number of nitrogens with one attached hydrogen (secondary N) is 2. The van der Waals surface area contributed by atoms with Gasteiger partial charge in [0.05, 0.1) is 23.2 Å². The number of nitrogens with zero attached hydrogens (tertiary/aromatic N) is 4. The number of hydrogen-bond acceptors (Lipinski definition) is 9. The molecule has 200 valence electrons. The zero-order chi connectivity index (χ0) is 26.9. The molecule has 2 heterocycles. The third kappa shape index (κ3) is 6.64. The predicted molar refractivity (Wildman–Crippen MR) is 158 cm³/mol. The Morgan fingerprint density at radius 3 is 2.53 bits per heavy atom. The Bertz CT molecular complexity index is 1360. The number of anilines is 2. The summed E-state index contributed by atoms with van der Waals surface area (Å²) < 4.78 is 8.79. The van der Waals surface area contributed by atoms with E-state index in [1.807, 2.05) is 30.5 Å². The van der Waals surface area contributed by atoms with Crippen molar-refractivity contribution in [2.45, 2.75) is 56.4 Å². The lowest BCUT2D eigenvalue weighted by Crippen LogP contribution is -2.23. The van der Waals surface area contributed by atoms with E-state index in [9.17, 15) is 0 Å². The van der Waals surface area contributed by atoms with E-state index in [4.69, 9.17) is 21.3 Å². The Hall–Kier alpha value is -3.14. The smallest absolute Gasteiger partial charge is 0.236 e. The molecule has 4 aromatic rings. The molecule has 1 fully saturated rings. The third-order valence-corrected chi connectivity index (χ3v) is 7.73. The van der Waals surface area contributed by atoms with Gasteiger partial charge in [-0.2, -0.15) is 4.98 Å². The minimum absolute atomic E-state index is 0.443.